The third-order valence-corrected chi connectivity index (χ3v) is 4.62. The summed E-state index contributed by atoms with van der Waals surface area (Å²) in [6.45, 7) is 3.22. The van der Waals surface area contributed by atoms with Crippen molar-refractivity contribution in [2.24, 2.45) is 5.73 Å². The number of benzene rings is 2. The molecule has 2 atom stereocenters. The highest BCUT2D eigenvalue weighted by Crippen LogP contribution is 2.33. The number of ether oxygens (including phenoxy) is 1. The molecule has 1 heterocycles. The van der Waals surface area contributed by atoms with Crippen molar-refractivity contribution in [1.29, 1.82) is 0 Å². The van der Waals surface area contributed by atoms with Gasteiger partial charge in [0, 0.05) is 6.04 Å². The molecule has 0 aliphatic carbocycles. The Hall–Kier alpha value is -1.84. The molecule has 2 aromatic rings. The highest BCUT2D eigenvalue weighted by molar-refractivity contribution is 5.37. The van der Waals surface area contributed by atoms with Crippen LogP contribution < -0.4 is 15.8 Å². The van der Waals surface area contributed by atoms with Crippen LogP contribution in [0.1, 0.15) is 31.7 Å². The maximum atomic E-state index is 6.77. The lowest BCUT2D eigenvalue weighted by atomic mass is 9.80. The summed E-state index contributed by atoms with van der Waals surface area (Å²) in [5, 5.41) is 3.55. The summed E-state index contributed by atoms with van der Waals surface area (Å²) in [4.78, 5) is 0. The summed E-state index contributed by atoms with van der Waals surface area (Å²) in [5.74, 6) is 1.68. The van der Waals surface area contributed by atoms with E-state index in [1.165, 1.54) is 6.42 Å². The molecule has 0 bridgehead atoms. The molecular formula is C19H24N2O. The zero-order chi connectivity index (χ0) is 15.4. The molecule has 3 N–H and O–H groups in total. The van der Waals surface area contributed by atoms with Gasteiger partial charge < -0.3 is 15.8 Å². The van der Waals surface area contributed by atoms with Crippen molar-refractivity contribution in [2.45, 2.75) is 37.8 Å². The Balaban J connectivity index is 1.86. The summed E-state index contributed by atoms with van der Waals surface area (Å²) in [6, 6.07) is 18.4. The van der Waals surface area contributed by atoms with Crippen LogP contribution in [-0.4, -0.2) is 12.6 Å². The van der Waals surface area contributed by atoms with E-state index in [1.54, 1.807) is 0 Å². The molecule has 3 heteroatoms. The van der Waals surface area contributed by atoms with E-state index in [0.29, 0.717) is 6.04 Å². The predicted molar refractivity (Wildman–Crippen MR) is 90.1 cm³/mol. The van der Waals surface area contributed by atoms with Crippen LogP contribution in [0.5, 0.6) is 11.5 Å². The third-order valence-electron chi connectivity index (χ3n) is 4.62. The Morgan fingerprint density at radius 3 is 2.59 bits per heavy atom. The van der Waals surface area contributed by atoms with Crippen molar-refractivity contribution in [3.8, 4) is 11.5 Å². The molecule has 1 saturated heterocycles. The average molecular weight is 296 g/mol. The van der Waals surface area contributed by atoms with Crippen molar-refractivity contribution >= 4 is 0 Å². The Kier molecular flexibility index (Phi) is 4.46. The van der Waals surface area contributed by atoms with E-state index < -0.39 is 0 Å². The van der Waals surface area contributed by atoms with Gasteiger partial charge in [-0.25, -0.2) is 0 Å². The van der Waals surface area contributed by atoms with Gasteiger partial charge in [0.1, 0.15) is 11.5 Å². The van der Waals surface area contributed by atoms with Crippen LogP contribution in [0, 0.1) is 0 Å². The Bertz CT molecular complexity index is 608. The standard InChI is InChI=1S/C19H24N2O/c1-2-19(20,18-12-7-13-21-18)15-8-6-11-17(14-15)22-16-9-4-3-5-10-16/h3-6,8-11,14,18,21H,2,7,12-13,20H2,1H3/t18-,19?/m0/s1. The van der Waals surface area contributed by atoms with Gasteiger partial charge in [-0.15, -0.1) is 0 Å². The minimum absolute atomic E-state index is 0.337. The fourth-order valence-corrected chi connectivity index (χ4v) is 3.25. The molecule has 0 radical (unpaired) electrons. The normalized spacial score (nSPS) is 20.5. The molecule has 2 aromatic carbocycles. The van der Waals surface area contributed by atoms with E-state index in [-0.39, 0.29) is 5.54 Å². The summed E-state index contributed by atoms with van der Waals surface area (Å²) in [7, 11) is 0. The zero-order valence-electron chi connectivity index (χ0n) is 13.1. The smallest absolute Gasteiger partial charge is 0.127 e. The second-order valence-corrected chi connectivity index (χ2v) is 5.99. The predicted octanol–water partition coefficient (Wildman–Crippen LogP) is 3.79. The molecule has 1 unspecified atom stereocenters. The van der Waals surface area contributed by atoms with Gasteiger partial charge in [0.15, 0.2) is 0 Å². The largest absolute Gasteiger partial charge is 0.457 e. The molecule has 0 amide bonds. The van der Waals surface area contributed by atoms with Gasteiger partial charge in [-0.3, -0.25) is 0 Å². The van der Waals surface area contributed by atoms with Crippen molar-refractivity contribution in [1.82, 2.24) is 5.32 Å². The minimum Gasteiger partial charge on any atom is -0.457 e. The average Bonchev–Trinajstić information content (AvgIpc) is 3.10. The topological polar surface area (TPSA) is 47.3 Å². The van der Waals surface area contributed by atoms with Crippen LogP contribution in [0.3, 0.4) is 0 Å². The molecule has 22 heavy (non-hydrogen) atoms. The van der Waals surface area contributed by atoms with Crippen LogP contribution in [-0.2, 0) is 5.54 Å². The van der Waals surface area contributed by atoms with Crippen LogP contribution in [0.15, 0.2) is 54.6 Å². The van der Waals surface area contributed by atoms with E-state index in [4.69, 9.17) is 10.5 Å². The maximum Gasteiger partial charge on any atom is 0.127 e. The van der Waals surface area contributed by atoms with E-state index in [9.17, 15) is 0 Å². The number of hydrogen-bond acceptors (Lipinski definition) is 3. The van der Waals surface area contributed by atoms with Gasteiger partial charge in [0.05, 0.1) is 5.54 Å². The molecule has 0 aromatic heterocycles. The molecule has 116 valence electrons. The van der Waals surface area contributed by atoms with Gasteiger partial charge in [0.25, 0.3) is 0 Å². The molecule has 3 nitrogen and oxygen atoms in total. The first-order valence-electron chi connectivity index (χ1n) is 8.08. The van der Waals surface area contributed by atoms with Crippen molar-refractivity contribution in [2.75, 3.05) is 6.54 Å². The number of hydrogen-bond donors (Lipinski definition) is 2. The van der Waals surface area contributed by atoms with Crippen molar-refractivity contribution in [3.63, 3.8) is 0 Å². The summed E-state index contributed by atoms with van der Waals surface area (Å²) in [5.41, 5.74) is 7.57. The molecule has 1 aliphatic heterocycles. The van der Waals surface area contributed by atoms with E-state index in [0.717, 1.165) is 36.4 Å². The minimum atomic E-state index is -0.341. The first-order chi connectivity index (χ1) is 10.7. The van der Waals surface area contributed by atoms with Crippen molar-refractivity contribution < 1.29 is 4.74 Å². The summed E-state index contributed by atoms with van der Waals surface area (Å²) in [6.07, 6.45) is 3.23. The lowest BCUT2D eigenvalue weighted by Crippen LogP contribution is -2.51. The molecule has 3 rings (SSSR count). The Morgan fingerprint density at radius 1 is 1.14 bits per heavy atom. The van der Waals surface area contributed by atoms with Crippen LogP contribution in [0.25, 0.3) is 0 Å². The zero-order valence-corrected chi connectivity index (χ0v) is 13.1. The van der Waals surface area contributed by atoms with Crippen LogP contribution in [0.2, 0.25) is 0 Å². The van der Waals surface area contributed by atoms with Gasteiger partial charge >= 0.3 is 0 Å². The summed E-state index contributed by atoms with van der Waals surface area (Å²) >= 11 is 0. The van der Waals surface area contributed by atoms with E-state index in [1.807, 2.05) is 42.5 Å². The lowest BCUT2D eigenvalue weighted by Gasteiger charge is -2.35. The van der Waals surface area contributed by atoms with E-state index >= 15 is 0 Å². The van der Waals surface area contributed by atoms with Crippen LogP contribution in [0.4, 0.5) is 0 Å². The molecule has 0 spiro atoms. The van der Waals surface area contributed by atoms with Gasteiger partial charge in [-0.2, -0.15) is 0 Å². The number of para-hydroxylation sites is 1. The molecule has 0 saturated carbocycles. The second-order valence-electron chi connectivity index (χ2n) is 5.99. The monoisotopic (exact) mass is 296 g/mol. The van der Waals surface area contributed by atoms with Gasteiger partial charge in [0.2, 0.25) is 0 Å². The van der Waals surface area contributed by atoms with Gasteiger partial charge in [-0.05, 0) is 55.6 Å². The number of nitrogens with two attached hydrogens (primary N) is 1. The quantitative estimate of drug-likeness (QED) is 0.882. The van der Waals surface area contributed by atoms with Crippen LogP contribution >= 0.6 is 0 Å². The SMILES string of the molecule is CCC(N)(c1cccc(Oc2ccccc2)c1)[C@@H]1CCCN1. The van der Waals surface area contributed by atoms with Crippen molar-refractivity contribution in [3.05, 3.63) is 60.2 Å². The second kappa shape index (κ2) is 6.51. The molecular weight excluding hydrogens is 272 g/mol. The lowest BCUT2D eigenvalue weighted by molar-refractivity contribution is 0.314. The Labute approximate surface area is 132 Å². The maximum absolute atomic E-state index is 6.77. The number of rotatable bonds is 5. The highest BCUT2D eigenvalue weighted by Gasteiger charge is 2.36. The fourth-order valence-electron chi connectivity index (χ4n) is 3.25. The molecule has 1 fully saturated rings. The first kappa shape index (κ1) is 15.1. The fraction of sp³-hybridized carbons (Fsp3) is 0.368. The van der Waals surface area contributed by atoms with Gasteiger partial charge in [-0.1, -0.05) is 37.3 Å². The van der Waals surface area contributed by atoms with E-state index in [2.05, 4.69) is 24.4 Å². The molecule has 1 aliphatic rings. The summed E-state index contributed by atoms with van der Waals surface area (Å²) < 4.78 is 5.95. The highest BCUT2D eigenvalue weighted by atomic mass is 16.5. The number of nitrogens with one attached hydrogen (secondary N) is 1. The Morgan fingerprint density at radius 2 is 1.91 bits per heavy atom. The third kappa shape index (κ3) is 3.01. The first-order valence-corrected chi connectivity index (χ1v) is 8.08.